The van der Waals surface area contributed by atoms with Crippen LogP contribution in [0, 0.1) is 5.92 Å². The number of nitrogens with two attached hydrogens (primary N) is 1. The molecule has 82 heavy (non-hydrogen) atoms. The first-order valence-corrected chi connectivity index (χ1v) is 28.3. The summed E-state index contributed by atoms with van der Waals surface area (Å²) in [5.74, 6) is -3.60. The normalized spacial score (nSPS) is 22.4. The second-order valence-electron chi connectivity index (χ2n) is 21.1. The Morgan fingerprint density at radius 3 is 2.04 bits per heavy atom. The molecule has 430 valence electrons. The number of nitrogens with zero attached hydrogens (tertiary/aromatic N) is 2. The van der Waals surface area contributed by atoms with Crippen molar-refractivity contribution in [3.05, 3.63) is 167 Å². The van der Waals surface area contributed by atoms with Gasteiger partial charge in [-0.25, -0.2) is 4.79 Å². The Morgan fingerprint density at radius 1 is 0.671 bits per heavy atom. The minimum atomic E-state index is -1.37. The zero-order chi connectivity index (χ0) is 57.4. The third-order valence-corrected chi connectivity index (χ3v) is 15.5. The summed E-state index contributed by atoms with van der Waals surface area (Å²) in [6, 6.07) is 26.9. The van der Waals surface area contributed by atoms with E-state index in [9.17, 15) is 4.79 Å². The number of halogens is 1. The van der Waals surface area contributed by atoms with Gasteiger partial charge in [0.15, 0.2) is 0 Å². The largest absolute Gasteiger partial charge is 0.489 e. The van der Waals surface area contributed by atoms with Crippen LogP contribution in [0.4, 0.5) is 4.79 Å². The number of alkyl carbamates (subject to hydrolysis) is 1. The van der Waals surface area contributed by atoms with Crippen LogP contribution in [0.1, 0.15) is 59.9 Å². The first-order chi connectivity index (χ1) is 39.8. The van der Waals surface area contributed by atoms with Gasteiger partial charge in [0.05, 0.1) is 6.54 Å². The predicted octanol–water partition coefficient (Wildman–Crippen LogP) is 3.94. The number of para-hydroxylation sites is 1. The molecular weight excluding hydrogens is 1070 g/mol. The molecule has 7 atom stereocenters. The van der Waals surface area contributed by atoms with Crippen LogP contribution in [-0.4, -0.2) is 131 Å². The molecular formula is C61H70ClN11O9. The molecule has 0 unspecified atom stereocenters. The number of fused-ring (bicyclic) bond motifs is 2. The molecule has 6 aromatic rings. The summed E-state index contributed by atoms with van der Waals surface area (Å²) in [4.78, 5) is 113. The SMILES string of the molecule is NCCNC(=O)O[C@@H]1C[C@H]2C(=O)N[C@@H](CCc3ccccc3)C(=O)N[C@H](Cc3c[nH]c4ccccc34)C(=O)N[C@@H](CC3CCNCC3)C(=O)N[C@@H](Cc3ccc(OCc4ccc(Cl)cc4)cc3)C(=O)N[C@@H](Cc3cccnc3)C(=O)N2C1. The summed E-state index contributed by atoms with van der Waals surface area (Å²) in [6.45, 7) is 1.64. The first kappa shape index (κ1) is 58.3. The summed E-state index contributed by atoms with van der Waals surface area (Å²) in [7, 11) is 0. The van der Waals surface area contributed by atoms with Gasteiger partial charge in [0.2, 0.25) is 35.4 Å². The number of carbonyl (C=O) groups is 7. The molecule has 21 heteroatoms. The van der Waals surface area contributed by atoms with Gasteiger partial charge >= 0.3 is 6.09 Å². The van der Waals surface area contributed by atoms with E-state index in [-0.39, 0.29) is 70.7 Å². The lowest BCUT2D eigenvalue weighted by Crippen LogP contribution is -2.62. The summed E-state index contributed by atoms with van der Waals surface area (Å²) < 4.78 is 11.8. The number of aromatic amines is 1. The van der Waals surface area contributed by atoms with Crippen LogP contribution >= 0.6 is 11.6 Å². The molecule has 0 bridgehead atoms. The van der Waals surface area contributed by atoms with Crippen LogP contribution in [0.25, 0.3) is 10.9 Å². The van der Waals surface area contributed by atoms with Gasteiger partial charge in [-0.15, -0.1) is 0 Å². The molecule has 10 N–H and O–H groups in total. The van der Waals surface area contributed by atoms with E-state index < -0.39 is 83.9 Å². The van der Waals surface area contributed by atoms with Crippen molar-refractivity contribution in [2.24, 2.45) is 11.7 Å². The highest BCUT2D eigenvalue weighted by atomic mass is 35.5. The van der Waals surface area contributed by atoms with Gasteiger partial charge < -0.3 is 62.3 Å². The quantitative estimate of drug-likeness (QED) is 0.0629. The minimum Gasteiger partial charge on any atom is -0.489 e. The number of benzene rings is 4. The fourth-order valence-corrected chi connectivity index (χ4v) is 10.9. The van der Waals surface area contributed by atoms with Crippen LogP contribution in [0.5, 0.6) is 5.75 Å². The smallest absolute Gasteiger partial charge is 0.407 e. The average molecular weight is 1140 g/mol. The van der Waals surface area contributed by atoms with Gasteiger partial charge in [-0.3, -0.25) is 33.8 Å². The number of rotatable bonds is 17. The molecule has 3 aliphatic rings. The number of H-pyrrole nitrogens is 1. The van der Waals surface area contributed by atoms with E-state index in [1.165, 1.54) is 4.90 Å². The van der Waals surface area contributed by atoms with Crippen LogP contribution in [-0.2, 0) is 65.8 Å². The maximum Gasteiger partial charge on any atom is 0.407 e. The van der Waals surface area contributed by atoms with Crippen LogP contribution in [0.15, 0.2) is 134 Å². The lowest BCUT2D eigenvalue weighted by molar-refractivity contribution is -0.143. The monoisotopic (exact) mass is 1140 g/mol. The second kappa shape index (κ2) is 28.4. The van der Waals surface area contributed by atoms with Crippen molar-refractivity contribution in [1.82, 2.24) is 52.1 Å². The Hall–Kier alpha value is -8.33. The maximum absolute atomic E-state index is 15.4. The molecule has 9 rings (SSSR count). The third-order valence-electron chi connectivity index (χ3n) is 15.2. The topological polar surface area (TPSA) is 280 Å². The molecule has 0 spiro atoms. The molecule has 5 heterocycles. The molecule has 7 amide bonds. The minimum absolute atomic E-state index is 0.00322. The van der Waals surface area contributed by atoms with Crippen molar-refractivity contribution in [3.8, 4) is 5.75 Å². The number of hydrogen-bond acceptors (Lipinski definition) is 12. The zero-order valence-electron chi connectivity index (χ0n) is 45.5. The van der Waals surface area contributed by atoms with Crippen molar-refractivity contribution in [1.29, 1.82) is 0 Å². The number of aryl methyl sites for hydroxylation is 1. The van der Waals surface area contributed by atoms with Gasteiger partial charge in [-0.2, -0.15) is 0 Å². The van der Waals surface area contributed by atoms with E-state index in [1.54, 1.807) is 67.1 Å². The number of amides is 7. The van der Waals surface area contributed by atoms with E-state index in [2.05, 4.69) is 47.2 Å². The highest BCUT2D eigenvalue weighted by Gasteiger charge is 2.45. The summed E-state index contributed by atoms with van der Waals surface area (Å²) in [5.41, 5.74) is 10.1. The molecule has 3 fully saturated rings. The highest BCUT2D eigenvalue weighted by molar-refractivity contribution is 6.30. The van der Waals surface area contributed by atoms with Crippen molar-refractivity contribution >= 4 is 64.0 Å². The third kappa shape index (κ3) is 16.0. The standard InChI is InChI=1S/C61H70ClN11O9/c62-44-17-12-41(13-18-44)37-81-45-19-14-39(15-20-45)29-50-57(76)72-53(31-42-9-6-25-65-34-42)60(79)73-36-46(82-61(80)66-28-24-63)33-54(73)59(78)68-49(21-16-38-7-2-1-3-8-38)55(74)71-52(32-43-35-67-48-11-5-4-10-47(43)48)58(77)70-51(56(75)69-50)30-40-22-26-64-27-23-40/h1-15,17-20,25,34-35,40,46,49-54,64,67H,16,21-24,26-33,36-37,63H2,(H,66,80)(H,68,78)(H,69,75)(H,70,77)(H,71,74)(H,72,76)/t46-,49+,50+,51+,52-,53+,54+/m1/s1. The van der Waals surface area contributed by atoms with Crippen molar-refractivity contribution < 1.29 is 43.0 Å². The number of hydrogen-bond donors (Lipinski definition) is 9. The van der Waals surface area contributed by atoms with E-state index in [0.29, 0.717) is 59.8 Å². The Morgan fingerprint density at radius 2 is 1.30 bits per heavy atom. The number of aromatic nitrogens is 2. The highest BCUT2D eigenvalue weighted by Crippen LogP contribution is 2.26. The van der Waals surface area contributed by atoms with Crippen LogP contribution < -0.4 is 47.7 Å². The average Bonchev–Trinajstić information content (AvgIpc) is 4.32. The van der Waals surface area contributed by atoms with E-state index >= 15 is 28.8 Å². The van der Waals surface area contributed by atoms with Crippen LogP contribution in [0.3, 0.4) is 0 Å². The number of pyridine rings is 1. The van der Waals surface area contributed by atoms with Crippen LogP contribution in [0.2, 0.25) is 5.02 Å². The Labute approximate surface area is 480 Å². The molecule has 3 saturated heterocycles. The molecule has 0 aliphatic carbocycles. The maximum atomic E-state index is 15.4. The van der Waals surface area contributed by atoms with Crippen molar-refractivity contribution in [3.63, 3.8) is 0 Å². The van der Waals surface area contributed by atoms with Gasteiger partial charge in [-0.1, -0.05) is 90.5 Å². The van der Waals surface area contributed by atoms with Crippen molar-refractivity contribution in [2.45, 2.75) is 107 Å². The molecule has 3 aliphatic heterocycles. The molecule has 4 aromatic carbocycles. The van der Waals surface area contributed by atoms with E-state index in [4.69, 9.17) is 26.8 Å². The Kier molecular flexibility index (Phi) is 20.2. The molecule has 20 nitrogen and oxygen atoms in total. The number of piperidine rings is 1. The van der Waals surface area contributed by atoms with Crippen molar-refractivity contribution in [2.75, 3.05) is 32.7 Å². The lowest BCUT2D eigenvalue weighted by atomic mass is 9.90. The second-order valence-corrected chi connectivity index (χ2v) is 21.6. The summed E-state index contributed by atoms with van der Waals surface area (Å²) in [6.07, 6.45) is 4.78. The summed E-state index contributed by atoms with van der Waals surface area (Å²) >= 11 is 6.10. The van der Waals surface area contributed by atoms with E-state index in [0.717, 1.165) is 22.0 Å². The van der Waals surface area contributed by atoms with Gasteiger partial charge in [-0.05, 0) is 115 Å². The molecule has 2 aromatic heterocycles. The van der Waals surface area contributed by atoms with Gasteiger partial charge in [0, 0.05) is 73.3 Å². The predicted molar refractivity (Wildman–Crippen MR) is 308 cm³/mol. The lowest BCUT2D eigenvalue weighted by Gasteiger charge is -2.32. The molecule has 0 saturated carbocycles. The Balaban J connectivity index is 1.10. The zero-order valence-corrected chi connectivity index (χ0v) is 46.2. The Bertz CT molecular complexity index is 3140. The summed E-state index contributed by atoms with van der Waals surface area (Å²) in [5, 5.41) is 22.2. The number of nitrogens with one attached hydrogen (secondary N) is 8. The van der Waals surface area contributed by atoms with Gasteiger partial charge in [0.1, 0.15) is 54.7 Å². The first-order valence-electron chi connectivity index (χ1n) is 28.0. The fraction of sp³-hybridized carbons (Fsp3) is 0.377. The van der Waals surface area contributed by atoms with E-state index in [1.807, 2.05) is 66.7 Å². The molecule has 0 radical (unpaired) electrons. The van der Waals surface area contributed by atoms with Gasteiger partial charge in [0.25, 0.3) is 0 Å². The number of carbonyl (C=O) groups excluding carboxylic acids is 7. The fourth-order valence-electron chi connectivity index (χ4n) is 10.8. The number of ether oxygens (including phenoxy) is 2.